The quantitative estimate of drug-likeness (QED) is 0.638. The SMILES string of the molecule is CC1(C)O[C@H]2O[C@H]([C@@H]3COC(=O)O3)[C@H](F)[C@H]2O1. The first-order valence-electron chi connectivity index (χ1n) is 5.45. The molecule has 5 atom stereocenters. The van der Waals surface area contributed by atoms with Crippen LogP contribution >= 0.6 is 0 Å². The van der Waals surface area contributed by atoms with Gasteiger partial charge in [0.05, 0.1) is 0 Å². The summed E-state index contributed by atoms with van der Waals surface area (Å²) in [7, 11) is 0. The van der Waals surface area contributed by atoms with Crippen LogP contribution in [0.1, 0.15) is 13.8 Å². The van der Waals surface area contributed by atoms with E-state index in [2.05, 4.69) is 4.74 Å². The Bertz CT molecular complexity index is 346. The smallest absolute Gasteiger partial charge is 0.430 e. The van der Waals surface area contributed by atoms with Crippen molar-refractivity contribution in [3.63, 3.8) is 0 Å². The third kappa shape index (κ3) is 1.78. The molecule has 0 unspecified atom stereocenters. The van der Waals surface area contributed by atoms with E-state index in [0.717, 1.165) is 0 Å². The average Bonchev–Trinajstić information content (AvgIpc) is 2.83. The molecule has 0 aromatic rings. The van der Waals surface area contributed by atoms with E-state index < -0.39 is 42.7 Å². The van der Waals surface area contributed by atoms with Crippen LogP contribution in [0.2, 0.25) is 0 Å². The van der Waals surface area contributed by atoms with Gasteiger partial charge in [0.15, 0.2) is 24.4 Å². The number of hydrogen-bond acceptors (Lipinski definition) is 6. The van der Waals surface area contributed by atoms with Crippen LogP contribution in [0.5, 0.6) is 0 Å². The standard InChI is InChI=1S/C10H13FO6/c1-10(2)16-7-5(11)6(15-8(7)17-10)4-3-13-9(12)14-4/h4-8H,3H2,1-2H3/t4-,5-,6+,7+,8+/m0/s1. The van der Waals surface area contributed by atoms with Crippen molar-refractivity contribution in [3.05, 3.63) is 0 Å². The Kier molecular flexibility index (Phi) is 2.33. The Balaban J connectivity index is 1.70. The summed E-state index contributed by atoms with van der Waals surface area (Å²) in [5.41, 5.74) is 0. The van der Waals surface area contributed by atoms with Gasteiger partial charge >= 0.3 is 6.16 Å². The molecule has 3 fully saturated rings. The first-order chi connectivity index (χ1) is 7.96. The molecule has 3 heterocycles. The van der Waals surface area contributed by atoms with Gasteiger partial charge in [0.1, 0.15) is 18.8 Å². The number of ether oxygens (including phenoxy) is 5. The van der Waals surface area contributed by atoms with Gasteiger partial charge in [0.25, 0.3) is 0 Å². The molecule has 0 bridgehead atoms. The van der Waals surface area contributed by atoms with Crippen LogP contribution in [0.4, 0.5) is 9.18 Å². The molecule has 96 valence electrons. The molecule has 3 aliphatic heterocycles. The van der Waals surface area contributed by atoms with Crippen LogP contribution in [-0.4, -0.2) is 49.3 Å². The van der Waals surface area contributed by atoms with Crippen LogP contribution in [0.3, 0.4) is 0 Å². The number of alkyl halides is 1. The van der Waals surface area contributed by atoms with Crippen LogP contribution in [0.15, 0.2) is 0 Å². The maximum absolute atomic E-state index is 14.1. The van der Waals surface area contributed by atoms with Crippen LogP contribution in [0, 0.1) is 0 Å². The first kappa shape index (κ1) is 11.2. The Hall–Kier alpha value is -0.920. The molecule has 0 amide bonds. The van der Waals surface area contributed by atoms with Crippen molar-refractivity contribution in [1.29, 1.82) is 0 Å². The lowest BCUT2D eigenvalue weighted by molar-refractivity contribution is -0.219. The van der Waals surface area contributed by atoms with E-state index in [4.69, 9.17) is 18.9 Å². The fourth-order valence-corrected chi connectivity index (χ4v) is 2.29. The second-order valence-corrected chi connectivity index (χ2v) is 4.73. The summed E-state index contributed by atoms with van der Waals surface area (Å²) >= 11 is 0. The third-order valence-electron chi connectivity index (χ3n) is 2.99. The fraction of sp³-hybridized carbons (Fsp3) is 0.900. The van der Waals surface area contributed by atoms with Gasteiger partial charge in [-0.3, -0.25) is 0 Å². The zero-order valence-electron chi connectivity index (χ0n) is 9.42. The number of carbonyl (C=O) groups excluding carboxylic acids is 1. The molecule has 3 aliphatic rings. The molecule has 3 saturated heterocycles. The molecular weight excluding hydrogens is 235 g/mol. The average molecular weight is 248 g/mol. The van der Waals surface area contributed by atoms with Crippen molar-refractivity contribution in [2.75, 3.05) is 6.61 Å². The second-order valence-electron chi connectivity index (χ2n) is 4.73. The summed E-state index contributed by atoms with van der Waals surface area (Å²) in [5, 5.41) is 0. The molecule has 0 aromatic heterocycles. The molecule has 0 aliphatic carbocycles. The van der Waals surface area contributed by atoms with Crippen molar-refractivity contribution >= 4 is 6.16 Å². The summed E-state index contributed by atoms with van der Waals surface area (Å²) in [6.07, 6.45) is -5.38. The van der Waals surface area contributed by atoms with Crippen LogP contribution in [0.25, 0.3) is 0 Å². The highest BCUT2D eigenvalue weighted by atomic mass is 19.1. The zero-order valence-corrected chi connectivity index (χ0v) is 9.42. The van der Waals surface area contributed by atoms with Crippen molar-refractivity contribution in [3.8, 4) is 0 Å². The number of fused-ring (bicyclic) bond motifs is 1. The summed E-state index contributed by atoms with van der Waals surface area (Å²) in [6, 6.07) is 0. The summed E-state index contributed by atoms with van der Waals surface area (Å²) in [6.45, 7) is 3.37. The maximum atomic E-state index is 14.1. The van der Waals surface area contributed by atoms with Gasteiger partial charge in [-0.05, 0) is 13.8 Å². The largest absolute Gasteiger partial charge is 0.508 e. The van der Waals surface area contributed by atoms with Crippen molar-refractivity contribution in [1.82, 2.24) is 0 Å². The van der Waals surface area contributed by atoms with E-state index in [-0.39, 0.29) is 6.61 Å². The summed E-state index contributed by atoms with van der Waals surface area (Å²) < 4.78 is 39.7. The van der Waals surface area contributed by atoms with E-state index in [1.165, 1.54) is 0 Å². The maximum Gasteiger partial charge on any atom is 0.508 e. The summed E-state index contributed by atoms with van der Waals surface area (Å²) in [4.78, 5) is 10.8. The molecule has 0 spiro atoms. The Labute approximate surface area is 96.9 Å². The lowest BCUT2D eigenvalue weighted by atomic mass is 10.1. The van der Waals surface area contributed by atoms with Gasteiger partial charge < -0.3 is 23.7 Å². The van der Waals surface area contributed by atoms with Gasteiger partial charge in [-0.2, -0.15) is 0 Å². The molecule has 0 N–H and O–H groups in total. The van der Waals surface area contributed by atoms with Crippen molar-refractivity contribution in [2.24, 2.45) is 0 Å². The van der Waals surface area contributed by atoms with Gasteiger partial charge in [-0.1, -0.05) is 0 Å². The van der Waals surface area contributed by atoms with Gasteiger partial charge in [-0.15, -0.1) is 0 Å². The highest BCUT2D eigenvalue weighted by Crippen LogP contribution is 2.40. The molecule has 7 heteroatoms. The normalized spacial score (nSPS) is 47.7. The molecule has 0 aromatic carbocycles. The lowest BCUT2D eigenvalue weighted by Gasteiger charge is -2.23. The Morgan fingerprint density at radius 2 is 2.06 bits per heavy atom. The van der Waals surface area contributed by atoms with Gasteiger partial charge in [-0.25, -0.2) is 9.18 Å². The molecular formula is C10H13FO6. The number of carbonyl (C=O) groups is 1. The third-order valence-corrected chi connectivity index (χ3v) is 2.99. The molecule has 3 rings (SSSR count). The van der Waals surface area contributed by atoms with E-state index in [9.17, 15) is 9.18 Å². The minimum absolute atomic E-state index is 0.00719. The molecule has 6 nitrogen and oxygen atoms in total. The van der Waals surface area contributed by atoms with Gasteiger partial charge in [0.2, 0.25) is 0 Å². The molecule has 0 radical (unpaired) electrons. The predicted octanol–water partition coefficient (Wildman–Crippen LogP) is 0.736. The summed E-state index contributed by atoms with van der Waals surface area (Å²) in [5.74, 6) is -0.854. The topological polar surface area (TPSA) is 63.2 Å². The van der Waals surface area contributed by atoms with E-state index in [1.54, 1.807) is 13.8 Å². The monoisotopic (exact) mass is 248 g/mol. The van der Waals surface area contributed by atoms with Crippen molar-refractivity contribution in [2.45, 2.75) is 50.4 Å². The zero-order chi connectivity index (χ0) is 12.2. The number of halogens is 1. The highest BCUT2D eigenvalue weighted by Gasteiger charge is 2.58. The number of cyclic esters (lactones) is 2. The van der Waals surface area contributed by atoms with Crippen molar-refractivity contribution < 1.29 is 32.9 Å². The van der Waals surface area contributed by atoms with E-state index in [1.807, 2.05) is 0 Å². The Morgan fingerprint density at radius 1 is 1.29 bits per heavy atom. The molecule has 0 saturated carbocycles. The first-order valence-corrected chi connectivity index (χ1v) is 5.45. The molecule has 17 heavy (non-hydrogen) atoms. The second kappa shape index (κ2) is 3.54. The van der Waals surface area contributed by atoms with Crippen LogP contribution in [-0.2, 0) is 23.7 Å². The lowest BCUT2D eigenvalue weighted by Crippen LogP contribution is -2.39. The fourth-order valence-electron chi connectivity index (χ4n) is 2.29. The number of rotatable bonds is 1. The minimum Gasteiger partial charge on any atom is -0.430 e. The van der Waals surface area contributed by atoms with E-state index >= 15 is 0 Å². The Morgan fingerprint density at radius 3 is 2.65 bits per heavy atom. The van der Waals surface area contributed by atoms with Crippen LogP contribution < -0.4 is 0 Å². The van der Waals surface area contributed by atoms with Gasteiger partial charge in [0, 0.05) is 0 Å². The highest BCUT2D eigenvalue weighted by molar-refractivity contribution is 5.62. The van der Waals surface area contributed by atoms with E-state index in [0.29, 0.717) is 0 Å². The number of hydrogen-bond donors (Lipinski definition) is 0. The predicted molar refractivity (Wildman–Crippen MR) is 49.8 cm³/mol. The minimum atomic E-state index is -1.40.